The maximum Gasteiger partial charge on any atom is 0.222 e. The van der Waals surface area contributed by atoms with E-state index in [-0.39, 0.29) is 17.5 Å². The minimum Gasteiger partial charge on any atom is -0.360 e. The van der Waals surface area contributed by atoms with Gasteiger partial charge in [-0.3, -0.25) is 0 Å². The minimum atomic E-state index is -0.136. The minimum absolute atomic E-state index is 0.0593. The average molecular weight is 377 g/mol. The van der Waals surface area contributed by atoms with E-state index in [0.29, 0.717) is 0 Å². The van der Waals surface area contributed by atoms with E-state index in [1.807, 2.05) is 19.1 Å². The highest BCUT2D eigenvalue weighted by Gasteiger charge is 2.33. The second-order valence-corrected chi connectivity index (χ2v) is 7.09. The quantitative estimate of drug-likeness (QED) is 0.465. The summed E-state index contributed by atoms with van der Waals surface area (Å²) in [5, 5.41) is 0.240. The lowest BCUT2D eigenvalue weighted by atomic mass is 10.00. The number of aromatic nitrogens is 4. The summed E-state index contributed by atoms with van der Waals surface area (Å²) in [4.78, 5) is 12.9. The van der Waals surface area contributed by atoms with E-state index in [0.717, 1.165) is 28.2 Å². The normalized spacial score (nSPS) is 18.8. The number of rotatable bonds is 2. The van der Waals surface area contributed by atoms with Gasteiger partial charge in [0.05, 0.1) is 17.5 Å². The standard InChI is InChI=1S/C21H17ClN4O/c1-12-19(20-17-6-4-3-5-16(17)13(2)27-20)26-11-14(7-8-18(26)25-12)15-9-23-21(22)24-10-15/h3-11,13,20H,1-2H3/t13-,20-/m0/s1. The Balaban J connectivity index is 1.68. The van der Waals surface area contributed by atoms with Crippen LogP contribution < -0.4 is 0 Å². The first-order valence-electron chi connectivity index (χ1n) is 8.82. The van der Waals surface area contributed by atoms with Gasteiger partial charge in [0.25, 0.3) is 0 Å². The van der Waals surface area contributed by atoms with Gasteiger partial charge in [0.1, 0.15) is 11.8 Å². The number of aryl methyl sites for hydroxylation is 1. The van der Waals surface area contributed by atoms with Crippen LogP contribution in [0.4, 0.5) is 0 Å². The molecule has 1 aromatic carbocycles. The summed E-state index contributed by atoms with van der Waals surface area (Å²) in [5.41, 5.74) is 7.25. The van der Waals surface area contributed by atoms with Crippen molar-refractivity contribution < 1.29 is 4.74 Å². The molecule has 134 valence electrons. The zero-order valence-electron chi connectivity index (χ0n) is 14.9. The maximum absolute atomic E-state index is 6.32. The van der Waals surface area contributed by atoms with Crippen molar-refractivity contribution in [3.63, 3.8) is 0 Å². The van der Waals surface area contributed by atoms with Crippen molar-refractivity contribution in [1.29, 1.82) is 0 Å². The molecule has 0 N–H and O–H groups in total. The summed E-state index contributed by atoms with van der Waals surface area (Å²) >= 11 is 5.82. The van der Waals surface area contributed by atoms with E-state index in [1.165, 1.54) is 11.1 Å². The average Bonchev–Trinajstić information content (AvgIpc) is 3.18. The second kappa shape index (κ2) is 6.15. The fourth-order valence-electron chi connectivity index (χ4n) is 3.81. The number of halogens is 1. The monoisotopic (exact) mass is 376 g/mol. The van der Waals surface area contributed by atoms with Crippen LogP contribution in [0.2, 0.25) is 5.28 Å². The van der Waals surface area contributed by atoms with Crippen LogP contribution in [0, 0.1) is 6.92 Å². The number of nitrogens with zero attached hydrogens (tertiary/aromatic N) is 4. The Morgan fingerprint density at radius 2 is 1.74 bits per heavy atom. The van der Waals surface area contributed by atoms with Crippen molar-refractivity contribution in [3.8, 4) is 11.1 Å². The second-order valence-electron chi connectivity index (χ2n) is 6.76. The molecule has 1 aliphatic rings. The van der Waals surface area contributed by atoms with Crippen LogP contribution in [0.25, 0.3) is 16.8 Å². The molecule has 0 unspecified atom stereocenters. The smallest absolute Gasteiger partial charge is 0.222 e. The molecule has 0 amide bonds. The van der Waals surface area contributed by atoms with Gasteiger partial charge in [-0.2, -0.15) is 0 Å². The SMILES string of the molecule is Cc1nc2ccc(-c3cnc(Cl)nc3)cn2c1[C@H]1O[C@@H](C)c2ccccc21. The molecule has 0 aliphatic carbocycles. The Labute approximate surface area is 161 Å². The third kappa shape index (κ3) is 2.62. The van der Waals surface area contributed by atoms with Crippen LogP contribution in [0.1, 0.15) is 41.6 Å². The maximum atomic E-state index is 6.32. The van der Waals surface area contributed by atoms with E-state index < -0.39 is 0 Å². The summed E-state index contributed by atoms with van der Waals surface area (Å²) in [5.74, 6) is 0. The Hall–Kier alpha value is -2.76. The molecule has 0 saturated carbocycles. The fraction of sp³-hybridized carbons (Fsp3) is 0.190. The van der Waals surface area contributed by atoms with Crippen molar-refractivity contribution in [3.05, 3.63) is 82.8 Å². The van der Waals surface area contributed by atoms with E-state index >= 15 is 0 Å². The Morgan fingerprint density at radius 3 is 2.52 bits per heavy atom. The summed E-state index contributed by atoms with van der Waals surface area (Å²) in [6, 6.07) is 12.4. The lowest BCUT2D eigenvalue weighted by Gasteiger charge is -2.14. The molecule has 3 aromatic heterocycles. The molecule has 27 heavy (non-hydrogen) atoms. The highest BCUT2D eigenvalue weighted by Crippen LogP contribution is 2.43. The van der Waals surface area contributed by atoms with E-state index in [4.69, 9.17) is 21.3 Å². The van der Waals surface area contributed by atoms with Gasteiger partial charge in [0, 0.05) is 29.7 Å². The van der Waals surface area contributed by atoms with E-state index in [2.05, 4.69) is 51.8 Å². The molecule has 0 radical (unpaired) electrons. The summed E-state index contributed by atoms with van der Waals surface area (Å²) in [6.45, 7) is 4.12. The molecule has 5 nitrogen and oxygen atoms in total. The predicted molar refractivity (Wildman–Crippen MR) is 104 cm³/mol. The first-order chi connectivity index (χ1) is 13.1. The Morgan fingerprint density at radius 1 is 1.00 bits per heavy atom. The third-order valence-corrected chi connectivity index (χ3v) is 5.29. The highest BCUT2D eigenvalue weighted by atomic mass is 35.5. The predicted octanol–water partition coefficient (Wildman–Crippen LogP) is 4.93. The lowest BCUT2D eigenvalue weighted by molar-refractivity contribution is 0.0424. The third-order valence-electron chi connectivity index (χ3n) is 5.10. The van der Waals surface area contributed by atoms with Crippen LogP contribution in [0.3, 0.4) is 0 Å². The number of ether oxygens (including phenoxy) is 1. The molecule has 5 rings (SSSR count). The van der Waals surface area contributed by atoms with Crippen molar-refractivity contribution in [2.75, 3.05) is 0 Å². The number of hydrogen-bond acceptors (Lipinski definition) is 4. The van der Waals surface area contributed by atoms with Gasteiger partial charge in [0.2, 0.25) is 5.28 Å². The van der Waals surface area contributed by atoms with Crippen molar-refractivity contribution >= 4 is 17.2 Å². The molecule has 0 fully saturated rings. The van der Waals surface area contributed by atoms with Crippen molar-refractivity contribution in [2.24, 2.45) is 0 Å². The molecule has 2 atom stereocenters. The molecular formula is C21H17ClN4O. The number of pyridine rings is 1. The summed E-state index contributed by atoms with van der Waals surface area (Å²) in [7, 11) is 0. The lowest BCUT2D eigenvalue weighted by Crippen LogP contribution is -2.05. The van der Waals surface area contributed by atoms with Crippen molar-refractivity contribution in [1.82, 2.24) is 19.4 Å². The molecular weight excluding hydrogens is 360 g/mol. The van der Waals surface area contributed by atoms with E-state index in [1.54, 1.807) is 12.4 Å². The number of imidazole rings is 1. The molecule has 4 aromatic rings. The highest BCUT2D eigenvalue weighted by molar-refractivity contribution is 6.28. The number of benzene rings is 1. The van der Waals surface area contributed by atoms with Crippen LogP contribution in [0.15, 0.2) is 55.0 Å². The summed E-state index contributed by atoms with van der Waals surface area (Å²) in [6.07, 6.45) is 5.44. The molecule has 0 spiro atoms. The number of fused-ring (bicyclic) bond motifs is 2. The van der Waals surface area contributed by atoms with Crippen molar-refractivity contribution in [2.45, 2.75) is 26.1 Å². The van der Waals surface area contributed by atoms with Crippen LogP contribution >= 0.6 is 11.6 Å². The van der Waals surface area contributed by atoms with Gasteiger partial charge in [0.15, 0.2) is 0 Å². The van der Waals surface area contributed by atoms with Gasteiger partial charge >= 0.3 is 0 Å². The first kappa shape index (κ1) is 16.4. The number of hydrogen-bond donors (Lipinski definition) is 0. The molecule has 6 heteroatoms. The van der Waals surface area contributed by atoms with Gasteiger partial charge in [-0.1, -0.05) is 24.3 Å². The first-order valence-corrected chi connectivity index (χ1v) is 9.20. The zero-order valence-corrected chi connectivity index (χ0v) is 15.7. The van der Waals surface area contributed by atoms with Gasteiger partial charge < -0.3 is 9.14 Å². The molecule has 4 heterocycles. The van der Waals surface area contributed by atoms with Crippen LogP contribution in [-0.4, -0.2) is 19.4 Å². The van der Waals surface area contributed by atoms with Gasteiger partial charge in [-0.05, 0) is 48.7 Å². The van der Waals surface area contributed by atoms with Gasteiger partial charge in [-0.15, -0.1) is 0 Å². The zero-order chi connectivity index (χ0) is 18.5. The molecule has 0 saturated heterocycles. The fourth-order valence-corrected chi connectivity index (χ4v) is 3.91. The molecule has 1 aliphatic heterocycles. The largest absolute Gasteiger partial charge is 0.360 e. The Bertz CT molecular complexity index is 1150. The molecule has 0 bridgehead atoms. The van der Waals surface area contributed by atoms with Crippen LogP contribution in [-0.2, 0) is 4.74 Å². The Kier molecular flexibility index (Phi) is 3.74. The topological polar surface area (TPSA) is 52.3 Å². The van der Waals surface area contributed by atoms with Crippen LogP contribution in [0.5, 0.6) is 0 Å². The summed E-state index contributed by atoms with van der Waals surface area (Å²) < 4.78 is 8.43. The van der Waals surface area contributed by atoms with Gasteiger partial charge in [-0.25, -0.2) is 15.0 Å². The van der Waals surface area contributed by atoms with E-state index in [9.17, 15) is 0 Å².